The molecule has 0 bridgehead atoms. The van der Waals surface area contributed by atoms with E-state index in [1.54, 1.807) is 0 Å². The number of carbonyl (C=O) groups excluding carboxylic acids is 2. The number of hydrogen-bond acceptors (Lipinski definition) is 3. The molecule has 0 radical (unpaired) electrons. The molecule has 13 heavy (non-hydrogen) atoms. The van der Waals surface area contributed by atoms with Crippen LogP contribution >= 0.6 is 0 Å². The van der Waals surface area contributed by atoms with Crippen LogP contribution in [0.15, 0.2) is 6.07 Å². The molecule has 70 valence electrons. The Bertz CT molecular complexity index is 328. The van der Waals surface area contributed by atoms with Crippen molar-refractivity contribution in [3.63, 3.8) is 0 Å². The molecule has 0 saturated carbocycles. The molecular weight excluding hydrogens is 170 g/mol. The van der Waals surface area contributed by atoms with Crippen LogP contribution in [0.5, 0.6) is 0 Å². The first kappa shape index (κ1) is 9.51. The van der Waals surface area contributed by atoms with Gasteiger partial charge in [0.25, 0.3) is 0 Å². The minimum Gasteiger partial charge on any atom is -0.465 e. The SMILES string of the molecule is CCc1[nH]c(C=O)cc1C(=O)OC. The number of esters is 1. The summed E-state index contributed by atoms with van der Waals surface area (Å²) in [5, 5.41) is 0. The van der Waals surface area contributed by atoms with E-state index >= 15 is 0 Å². The summed E-state index contributed by atoms with van der Waals surface area (Å²) in [6.07, 6.45) is 1.34. The Morgan fingerprint density at radius 3 is 2.85 bits per heavy atom. The lowest BCUT2D eigenvalue weighted by Crippen LogP contribution is -2.02. The fourth-order valence-corrected chi connectivity index (χ4v) is 1.15. The van der Waals surface area contributed by atoms with Gasteiger partial charge in [0.2, 0.25) is 0 Å². The van der Waals surface area contributed by atoms with Gasteiger partial charge < -0.3 is 9.72 Å². The van der Waals surface area contributed by atoms with Crippen LogP contribution in [0.1, 0.15) is 33.5 Å². The summed E-state index contributed by atoms with van der Waals surface area (Å²) in [7, 11) is 1.31. The average molecular weight is 181 g/mol. The van der Waals surface area contributed by atoms with Gasteiger partial charge in [0.1, 0.15) is 0 Å². The fraction of sp³-hybridized carbons (Fsp3) is 0.333. The summed E-state index contributed by atoms with van der Waals surface area (Å²) >= 11 is 0. The lowest BCUT2D eigenvalue weighted by Gasteiger charge is -1.97. The Kier molecular flexibility index (Phi) is 2.84. The van der Waals surface area contributed by atoms with Crippen LogP contribution in [0.3, 0.4) is 0 Å². The van der Waals surface area contributed by atoms with Crippen molar-refractivity contribution >= 4 is 12.3 Å². The van der Waals surface area contributed by atoms with E-state index in [0.717, 1.165) is 5.69 Å². The molecule has 0 fully saturated rings. The van der Waals surface area contributed by atoms with E-state index in [4.69, 9.17) is 0 Å². The second kappa shape index (κ2) is 3.89. The van der Waals surface area contributed by atoms with E-state index in [-0.39, 0.29) is 0 Å². The largest absolute Gasteiger partial charge is 0.465 e. The zero-order chi connectivity index (χ0) is 9.84. The Balaban J connectivity index is 3.10. The van der Waals surface area contributed by atoms with E-state index in [2.05, 4.69) is 9.72 Å². The molecule has 0 aromatic carbocycles. The number of H-pyrrole nitrogens is 1. The van der Waals surface area contributed by atoms with Crippen LogP contribution in [-0.4, -0.2) is 24.3 Å². The number of ether oxygens (including phenoxy) is 1. The van der Waals surface area contributed by atoms with Gasteiger partial charge in [-0.15, -0.1) is 0 Å². The Morgan fingerprint density at radius 2 is 2.38 bits per heavy atom. The average Bonchev–Trinajstić information content (AvgIpc) is 2.59. The highest BCUT2D eigenvalue weighted by molar-refractivity contribution is 5.92. The number of hydrogen-bond donors (Lipinski definition) is 1. The maximum absolute atomic E-state index is 11.2. The van der Waals surface area contributed by atoms with E-state index in [9.17, 15) is 9.59 Å². The van der Waals surface area contributed by atoms with Crippen LogP contribution in [0.4, 0.5) is 0 Å². The standard InChI is InChI=1S/C9H11NO3/c1-3-8-7(9(12)13-2)4-6(5-11)10-8/h4-5,10H,3H2,1-2H3. The molecule has 1 heterocycles. The molecule has 0 spiro atoms. The first-order valence-electron chi connectivity index (χ1n) is 3.98. The van der Waals surface area contributed by atoms with Crippen LogP contribution in [0.2, 0.25) is 0 Å². The van der Waals surface area contributed by atoms with Crippen LogP contribution in [-0.2, 0) is 11.2 Å². The summed E-state index contributed by atoms with van der Waals surface area (Å²) in [4.78, 5) is 24.4. The minimum atomic E-state index is -0.416. The zero-order valence-corrected chi connectivity index (χ0v) is 7.59. The molecule has 0 amide bonds. The van der Waals surface area contributed by atoms with Gasteiger partial charge >= 0.3 is 5.97 Å². The monoisotopic (exact) mass is 181 g/mol. The van der Waals surface area contributed by atoms with Crippen molar-refractivity contribution < 1.29 is 14.3 Å². The van der Waals surface area contributed by atoms with Gasteiger partial charge in [0.05, 0.1) is 18.4 Å². The third-order valence-corrected chi connectivity index (χ3v) is 1.81. The van der Waals surface area contributed by atoms with Gasteiger partial charge in [-0.1, -0.05) is 6.92 Å². The molecule has 1 rings (SSSR count). The normalized spacial score (nSPS) is 9.69. The van der Waals surface area contributed by atoms with E-state index in [0.29, 0.717) is 24.0 Å². The lowest BCUT2D eigenvalue weighted by molar-refractivity contribution is 0.0599. The topological polar surface area (TPSA) is 59.2 Å². The molecule has 4 heteroatoms. The highest BCUT2D eigenvalue weighted by Gasteiger charge is 2.13. The molecule has 0 saturated heterocycles. The molecule has 0 aliphatic carbocycles. The molecule has 0 aliphatic rings. The van der Waals surface area contributed by atoms with E-state index in [1.165, 1.54) is 13.2 Å². The molecule has 1 aromatic heterocycles. The van der Waals surface area contributed by atoms with Crippen molar-refractivity contribution in [2.24, 2.45) is 0 Å². The van der Waals surface area contributed by atoms with Gasteiger partial charge in [-0.2, -0.15) is 0 Å². The second-order valence-electron chi connectivity index (χ2n) is 2.58. The number of aldehydes is 1. The van der Waals surface area contributed by atoms with Gasteiger partial charge in [0.15, 0.2) is 6.29 Å². The number of aromatic amines is 1. The van der Waals surface area contributed by atoms with Crippen LogP contribution in [0.25, 0.3) is 0 Å². The van der Waals surface area contributed by atoms with Gasteiger partial charge in [-0.3, -0.25) is 4.79 Å². The number of nitrogens with one attached hydrogen (secondary N) is 1. The lowest BCUT2D eigenvalue weighted by atomic mass is 10.2. The Morgan fingerprint density at radius 1 is 1.69 bits per heavy atom. The highest BCUT2D eigenvalue weighted by Crippen LogP contribution is 2.11. The number of carbonyl (C=O) groups is 2. The first-order valence-corrected chi connectivity index (χ1v) is 3.98. The Labute approximate surface area is 75.9 Å². The molecular formula is C9H11NO3. The van der Waals surface area contributed by atoms with Crippen molar-refractivity contribution in [3.05, 3.63) is 23.0 Å². The smallest absolute Gasteiger partial charge is 0.339 e. The summed E-state index contributed by atoms with van der Waals surface area (Å²) in [6.45, 7) is 1.90. The van der Waals surface area contributed by atoms with Crippen LogP contribution in [0, 0.1) is 0 Å². The predicted molar refractivity (Wildman–Crippen MR) is 46.9 cm³/mol. The molecule has 0 atom stereocenters. The predicted octanol–water partition coefficient (Wildman–Crippen LogP) is 1.18. The van der Waals surface area contributed by atoms with Gasteiger partial charge in [0, 0.05) is 5.69 Å². The maximum atomic E-state index is 11.2. The van der Waals surface area contributed by atoms with Crippen LogP contribution < -0.4 is 0 Å². The van der Waals surface area contributed by atoms with Crippen molar-refractivity contribution in [2.45, 2.75) is 13.3 Å². The number of methoxy groups -OCH3 is 1. The molecule has 1 aromatic rings. The maximum Gasteiger partial charge on any atom is 0.339 e. The van der Waals surface area contributed by atoms with Gasteiger partial charge in [-0.05, 0) is 12.5 Å². The van der Waals surface area contributed by atoms with Crippen molar-refractivity contribution in [2.75, 3.05) is 7.11 Å². The van der Waals surface area contributed by atoms with E-state index < -0.39 is 5.97 Å². The molecule has 0 aliphatic heterocycles. The summed E-state index contributed by atoms with van der Waals surface area (Å²) < 4.78 is 4.56. The quantitative estimate of drug-likeness (QED) is 0.562. The fourth-order valence-electron chi connectivity index (χ4n) is 1.15. The highest BCUT2D eigenvalue weighted by atomic mass is 16.5. The van der Waals surface area contributed by atoms with Gasteiger partial charge in [-0.25, -0.2) is 4.79 Å². The summed E-state index contributed by atoms with van der Waals surface area (Å²) in [6, 6.07) is 1.50. The van der Waals surface area contributed by atoms with E-state index in [1.807, 2.05) is 6.92 Å². The Hall–Kier alpha value is -1.58. The molecule has 1 N–H and O–H groups in total. The number of aromatic nitrogens is 1. The zero-order valence-electron chi connectivity index (χ0n) is 7.59. The summed E-state index contributed by atoms with van der Waals surface area (Å²) in [5.74, 6) is -0.416. The van der Waals surface area contributed by atoms with Crippen molar-refractivity contribution in [3.8, 4) is 0 Å². The number of aryl methyl sites for hydroxylation is 1. The third kappa shape index (κ3) is 1.77. The second-order valence-corrected chi connectivity index (χ2v) is 2.58. The number of rotatable bonds is 3. The van der Waals surface area contributed by atoms with Crippen molar-refractivity contribution in [1.82, 2.24) is 4.98 Å². The molecule has 0 unspecified atom stereocenters. The summed E-state index contributed by atoms with van der Waals surface area (Å²) in [5.41, 5.74) is 1.57. The minimum absolute atomic E-state index is 0.400. The first-order chi connectivity index (χ1) is 6.22. The molecule has 4 nitrogen and oxygen atoms in total. The van der Waals surface area contributed by atoms with Crippen molar-refractivity contribution in [1.29, 1.82) is 0 Å². The third-order valence-electron chi connectivity index (χ3n) is 1.81.